The van der Waals surface area contributed by atoms with Gasteiger partial charge in [0.2, 0.25) is 0 Å². The second-order valence-corrected chi connectivity index (χ2v) is 1.52. The Morgan fingerprint density at radius 3 is 0.800 bits per heavy atom. The van der Waals surface area contributed by atoms with E-state index in [0.717, 1.165) is 0 Å². The van der Waals surface area contributed by atoms with Crippen molar-refractivity contribution in [1.82, 2.24) is 0 Å². The van der Waals surface area contributed by atoms with Crippen molar-refractivity contribution in [3.8, 4) is 0 Å². The van der Waals surface area contributed by atoms with Crippen LogP contribution in [0.15, 0.2) is 13.2 Å². The molecule has 0 unspecified atom stereocenters. The first kappa shape index (κ1) is 16.4. The van der Waals surface area contributed by atoms with Crippen LogP contribution in [0.3, 0.4) is 0 Å². The highest BCUT2D eigenvalue weighted by atomic mass is 31.1. The molecule has 0 aliphatic carbocycles. The van der Waals surface area contributed by atoms with Crippen molar-refractivity contribution in [2.45, 2.75) is 0 Å². The van der Waals surface area contributed by atoms with E-state index in [2.05, 4.69) is 13.2 Å². The highest BCUT2D eigenvalue weighted by Gasteiger charge is 1.93. The molecule has 0 heterocycles. The Balaban J connectivity index is -0.0000000787. The van der Waals surface area contributed by atoms with Crippen LogP contribution in [0.4, 0.5) is 0 Å². The zero-order chi connectivity index (χ0) is 9.15. The van der Waals surface area contributed by atoms with E-state index in [4.69, 9.17) is 28.7 Å². The monoisotopic (exact) mass is 190 g/mol. The van der Waals surface area contributed by atoms with Gasteiger partial charge in [0, 0.05) is 9.13 Å². The molecule has 0 aromatic rings. The molecule has 0 saturated heterocycles. The maximum atomic E-state index is 8.70. The molecule has 6 nitrogen and oxygen atoms in total. The number of hydrogen-bond acceptors (Lipinski definition) is 2. The van der Waals surface area contributed by atoms with Crippen LogP contribution >= 0.6 is 16.5 Å². The highest BCUT2D eigenvalue weighted by Crippen LogP contribution is 1.98. The van der Waals surface area contributed by atoms with Crippen LogP contribution in [0.1, 0.15) is 0 Å². The van der Waals surface area contributed by atoms with E-state index < -0.39 is 16.5 Å². The zero-order valence-corrected chi connectivity index (χ0v) is 6.70. The molecule has 0 spiro atoms. The lowest BCUT2D eigenvalue weighted by Crippen LogP contribution is -1.38. The van der Waals surface area contributed by atoms with Crippen molar-refractivity contribution in [3.05, 3.63) is 13.2 Å². The molecule has 0 aliphatic heterocycles. The first-order chi connectivity index (χ1) is 4.46. The van der Waals surface area contributed by atoms with Crippen molar-refractivity contribution in [2.24, 2.45) is 0 Å². The van der Waals surface area contributed by atoms with Crippen LogP contribution < -0.4 is 0 Å². The molecular formula is C2H8O6P2+2. The van der Waals surface area contributed by atoms with Gasteiger partial charge in [-0.1, -0.05) is 0 Å². The summed E-state index contributed by atoms with van der Waals surface area (Å²) in [6.45, 7) is 6.00. The van der Waals surface area contributed by atoms with Gasteiger partial charge in [0.25, 0.3) is 0 Å². The summed E-state index contributed by atoms with van der Waals surface area (Å²) in [6, 6.07) is 0. The van der Waals surface area contributed by atoms with E-state index in [1.807, 2.05) is 0 Å². The normalized spacial score (nSPS) is 5.60. The van der Waals surface area contributed by atoms with Crippen LogP contribution in [0.2, 0.25) is 0 Å². The van der Waals surface area contributed by atoms with Gasteiger partial charge in [-0.3, -0.25) is 0 Å². The quantitative estimate of drug-likeness (QED) is 0.317. The van der Waals surface area contributed by atoms with E-state index in [-0.39, 0.29) is 0 Å². The van der Waals surface area contributed by atoms with Gasteiger partial charge in [-0.05, 0) is 0 Å². The maximum Gasteiger partial charge on any atom is 0.692 e. The molecule has 0 aromatic carbocycles. The van der Waals surface area contributed by atoms with Crippen molar-refractivity contribution in [2.75, 3.05) is 0 Å². The SMILES string of the molecule is C=C.O=[P+](O)O.O=[P+](O)O. The first-order valence-corrected chi connectivity index (χ1v) is 4.00. The topological polar surface area (TPSA) is 115 Å². The Kier molecular flexibility index (Phi) is 26.1. The van der Waals surface area contributed by atoms with Crippen molar-refractivity contribution in [3.63, 3.8) is 0 Å². The summed E-state index contributed by atoms with van der Waals surface area (Å²) < 4.78 is 17.4. The first-order valence-electron chi connectivity index (χ1n) is 1.67. The largest absolute Gasteiger partial charge is 0.692 e. The van der Waals surface area contributed by atoms with Gasteiger partial charge < -0.3 is 0 Å². The molecule has 10 heavy (non-hydrogen) atoms. The molecule has 0 fully saturated rings. The van der Waals surface area contributed by atoms with E-state index in [1.54, 1.807) is 0 Å². The van der Waals surface area contributed by atoms with Gasteiger partial charge in [0.05, 0.1) is 0 Å². The average molecular weight is 190 g/mol. The van der Waals surface area contributed by atoms with Crippen molar-refractivity contribution < 1.29 is 28.7 Å². The smallest absolute Gasteiger partial charge is 0.134 e. The third-order valence-corrected chi connectivity index (χ3v) is 0. The van der Waals surface area contributed by atoms with E-state index in [0.29, 0.717) is 0 Å². The summed E-state index contributed by atoms with van der Waals surface area (Å²) in [5, 5.41) is 0. The lowest BCUT2D eigenvalue weighted by atomic mass is 11.3. The molecule has 4 N–H and O–H groups in total. The standard InChI is InChI=1S/C2H4.2HO3P/c1-2;2*1-4(2)3/h1-2H2;2*(H-,1,2,3)/p+2. The van der Waals surface area contributed by atoms with Crippen LogP contribution in [0.5, 0.6) is 0 Å². The molecule has 0 aliphatic rings. The summed E-state index contributed by atoms with van der Waals surface area (Å²) >= 11 is 0. The molecule has 0 saturated carbocycles. The molecule has 8 heteroatoms. The predicted octanol–water partition coefficient (Wildman–Crippen LogP) is 0.0590. The Morgan fingerprint density at radius 1 is 0.800 bits per heavy atom. The fraction of sp³-hybridized carbons (Fsp3) is 0. The summed E-state index contributed by atoms with van der Waals surface area (Å²) in [7, 11) is -5.74. The Bertz CT molecular complexity index is 81.9. The van der Waals surface area contributed by atoms with Crippen LogP contribution in [-0.2, 0) is 9.13 Å². The predicted molar refractivity (Wildman–Crippen MR) is 35.3 cm³/mol. The molecule has 0 radical (unpaired) electrons. The van der Waals surface area contributed by atoms with Crippen molar-refractivity contribution in [1.29, 1.82) is 0 Å². The molecule has 0 amide bonds. The fourth-order valence-electron chi connectivity index (χ4n) is 0. The van der Waals surface area contributed by atoms with E-state index in [1.165, 1.54) is 0 Å². The molecule has 0 bridgehead atoms. The van der Waals surface area contributed by atoms with Gasteiger partial charge in [0.1, 0.15) is 0 Å². The Hall–Kier alpha value is -0.220. The minimum Gasteiger partial charge on any atom is -0.134 e. The third kappa shape index (κ3) is 7390. The van der Waals surface area contributed by atoms with Gasteiger partial charge in [-0.15, -0.1) is 32.7 Å². The second-order valence-electron chi connectivity index (χ2n) is 0.505. The van der Waals surface area contributed by atoms with Gasteiger partial charge >= 0.3 is 16.5 Å². The number of rotatable bonds is 0. The van der Waals surface area contributed by atoms with E-state index >= 15 is 0 Å². The minimum atomic E-state index is -2.87. The Labute approximate surface area is 59.4 Å². The highest BCUT2D eigenvalue weighted by molar-refractivity contribution is 7.31. The van der Waals surface area contributed by atoms with Crippen LogP contribution in [0.25, 0.3) is 0 Å². The van der Waals surface area contributed by atoms with Gasteiger partial charge in [0.15, 0.2) is 0 Å². The molecule has 0 rings (SSSR count). The molecule has 0 aromatic heterocycles. The lowest BCUT2D eigenvalue weighted by Gasteiger charge is -1.34. The van der Waals surface area contributed by atoms with Crippen LogP contribution in [-0.4, -0.2) is 19.6 Å². The summed E-state index contributed by atoms with van der Waals surface area (Å²) in [5.74, 6) is 0. The van der Waals surface area contributed by atoms with E-state index in [9.17, 15) is 0 Å². The minimum absolute atomic E-state index is 2.87. The lowest BCUT2D eigenvalue weighted by molar-refractivity contribution is 0.403. The molecular weight excluding hydrogens is 182 g/mol. The van der Waals surface area contributed by atoms with Gasteiger partial charge in [-0.2, -0.15) is 0 Å². The summed E-state index contributed by atoms with van der Waals surface area (Å²) in [5.41, 5.74) is 0. The van der Waals surface area contributed by atoms with Crippen LogP contribution in [0, 0.1) is 0 Å². The summed E-state index contributed by atoms with van der Waals surface area (Å²) in [4.78, 5) is 28.5. The summed E-state index contributed by atoms with van der Waals surface area (Å²) in [6.07, 6.45) is 0. The zero-order valence-electron chi connectivity index (χ0n) is 4.91. The third-order valence-electron chi connectivity index (χ3n) is 0. The van der Waals surface area contributed by atoms with Gasteiger partial charge in [-0.25, -0.2) is 0 Å². The molecule has 60 valence electrons. The number of hydrogen-bond donors (Lipinski definition) is 4. The average Bonchev–Trinajstić information content (AvgIpc) is 1.66. The molecule has 0 atom stereocenters. The Morgan fingerprint density at radius 2 is 0.800 bits per heavy atom. The fourth-order valence-corrected chi connectivity index (χ4v) is 0. The van der Waals surface area contributed by atoms with Crippen molar-refractivity contribution >= 4 is 16.5 Å². The maximum absolute atomic E-state index is 8.70. The second kappa shape index (κ2) is 15.9.